The van der Waals surface area contributed by atoms with Crippen LogP contribution in [0, 0.1) is 11.3 Å². The zero-order valence-corrected chi connectivity index (χ0v) is 20.1. The van der Waals surface area contributed by atoms with Gasteiger partial charge in [0.1, 0.15) is 0 Å². The summed E-state index contributed by atoms with van der Waals surface area (Å²) in [6, 6.07) is 19.3. The maximum absolute atomic E-state index is 13.1. The van der Waals surface area contributed by atoms with Gasteiger partial charge in [-0.25, -0.2) is 0 Å². The Labute approximate surface area is 188 Å². The van der Waals surface area contributed by atoms with E-state index in [1.807, 2.05) is 11.8 Å². The van der Waals surface area contributed by atoms with Crippen molar-refractivity contribution in [3.63, 3.8) is 0 Å². The van der Waals surface area contributed by atoms with Gasteiger partial charge in [0.15, 0.2) is 0 Å². The molecule has 1 amide bonds. The summed E-state index contributed by atoms with van der Waals surface area (Å²) in [5.74, 6) is 1.85. The van der Waals surface area contributed by atoms with Crippen molar-refractivity contribution in [2.45, 2.75) is 57.4 Å². The lowest BCUT2D eigenvalue weighted by Gasteiger charge is -2.32. The third kappa shape index (κ3) is 6.62. The summed E-state index contributed by atoms with van der Waals surface area (Å²) in [7, 11) is 0. The fourth-order valence-corrected chi connectivity index (χ4v) is 5.40. The van der Waals surface area contributed by atoms with Crippen LogP contribution >= 0.6 is 27.7 Å². The molecule has 0 saturated carbocycles. The van der Waals surface area contributed by atoms with E-state index in [0.717, 1.165) is 36.0 Å². The summed E-state index contributed by atoms with van der Waals surface area (Å²) >= 11 is 5.36. The van der Waals surface area contributed by atoms with Gasteiger partial charge in [0.25, 0.3) is 0 Å². The first-order valence-electron chi connectivity index (χ1n) is 10.5. The van der Waals surface area contributed by atoms with Crippen molar-refractivity contribution >= 4 is 33.6 Å². The zero-order valence-electron chi connectivity index (χ0n) is 17.7. The van der Waals surface area contributed by atoms with Crippen molar-refractivity contribution in [1.82, 2.24) is 4.90 Å². The molecule has 0 aliphatic carbocycles. The first-order valence-corrected chi connectivity index (χ1v) is 12.3. The molecule has 2 aromatic rings. The van der Waals surface area contributed by atoms with Crippen molar-refractivity contribution in [3.8, 4) is 0 Å². The van der Waals surface area contributed by atoms with E-state index >= 15 is 0 Å². The van der Waals surface area contributed by atoms with E-state index in [4.69, 9.17) is 0 Å². The Bertz CT molecular complexity index is 785. The minimum absolute atomic E-state index is 0.220. The number of carbonyl (C=O) groups is 1. The summed E-state index contributed by atoms with van der Waals surface area (Å²) in [5, 5.41) is 0. The third-order valence-electron chi connectivity index (χ3n) is 5.98. The van der Waals surface area contributed by atoms with Gasteiger partial charge in [-0.3, -0.25) is 4.79 Å². The van der Waals surface area contributed by atoms with Gasteiger partial charge in [0, 0.05) is 34.1 Å². The lowest BCUT2D eigenvalue weighted by atomic mass is 9.77. The standard InChI is InChI=1S/C25H32BrNOS/c1-25(2,3)20-9-14-24(28)27(16-15-20)22(17-19-7-5-4-6-8-19)18-29-23-12-10-21(26)11-13-23/h4-8,10-13,20,22H,9,14-18H2,1-3H3/t20-,22-/m0/s1. The fraction of sp³-hybridized carbons (Fsp3) is 0.480. The molecule has 1 saturated heterocycles. The highest BCUT2D eigenvalue weighted by atomic mass is 79.9. The van der Waals surface area contributed by atoms with Crippen LogP contribution in [0.5, 0.6) is 0 Å². The van der Waals surface area contributed by atoms with Gasteiger partial charge in [-0.05, 0) is 60.4 Å². The molecule has 0 N–H and O–H groups in total. The van der Waals surface area contributed by atoms with Gasteiger partial charge in [0.05, 0.1) is 0 Å². The number of hydrogen-bond acceptors (Lipinski definition) is 2. The van der Waals surface area contributed by atoms with E-state index < -0.39 is 0 Å². The molecular formula is C25H32BrNOS. The number of benzene rings is 2. The van der Waals surface area contributed by atoms with Crippen molar-refractivity contribution in [3.05, 3.63) is 64.6 Å². The van der Waals surface area contributed by atoms with Crippen molar-refractivity contribution in [1.29, 1.82) is 0 Å². The van der Waals surface area contributed by atoms with Crippen LogP contribution in [0.25, 0.3) is 0 Å². The molecular weight excluding hydrogens is 442 g/mol. The van der Waals surface area contributed by atoms with Crippen molar-refractivity contribution in [2.75, 3.05) is 12.3 Å². The van der Waals surface area contributed by atoms with E-state index in [1.54, 1.807) is 0 Å². The Morgan fingerprint density at radius 2 is 1.76 bits per heavy atom. The van der Waals surface area contributed by atoms with Crippen LogP contribution in [0.2, 0.25) is 0 Å². The number of amides is 1. The first-order chi connectivity index (χ1) is 13.8. The lowest BCUT2D eigenvalue weighted by Crippen LogP contribution is -2.43. The fourth-order valence-electron chi connectivity index (χ4n) is 4.13. The Morgan fingerprint density at radius 1 is 1.07 bits per heavy atom. The average molecular weight is 475 g/mol. The number of carbonyl (C=O) groups excluding carboxylic acids is 1. The summed E-state index contributed by atoms with van der Waals surface area (Å²) in [6.07, 6.45) is 3.70. The molecule has 156 valence electrons. The molecule has 2 nitrogen and oxygen atoms in total. The van der Waals surface area contributed by atoms with Crippen LogP contribution in [-0.4, -0.2) is 29.1 Å². The van der Waals surface area contributed by atoms with Gasteiger partial charge in [-0.2, -0.15) is 0 Å². The molecule has 1 heterocycles. The maximum Gasteiger partial charge on any atom is 0.222 e. The zero-order chi connectivity index (χ0) is 20.9. The van der Waals surface area contributed by atoms with Crippen LogP contribution in [0.4, 0.5) is 0 Å². The molecule has 0 aromatic heterocycles. The van der Waals surface area contributed by atoms with Gasteiger partial charge < -0.3 is 4.90 Å². The van der Waals surface area contributed by atoms with E-state index in [2.05, 4.69) is 96.2 Å². The van der Waals surface area contributed by atoms with Gasteiger partial charge >= 0.3 is 0 Å². The summed E-state index contributed by atoms with van der Waals surface area (Å²) < 4.78 is 1.10. The predicted octanol–water partition coefficient (Wildman–Crippen LogP) is 6.83. The molecule has 2 aromatic carbocycles. The van der Waals surface area contributed by atoms with Crippen LogP contribution < -0.4 is 0 Å². The highest BCUT2D eigenvalue weighted by molar-refractivity contribution is 9.10. The van der Waals surface area contributed by atoms with Crippen LogP contribution in [0.15, 0.2) is 64.0 Å². The Balaban J connectivity index is 1.75. The molecule has 29 heavy (non-hydrogen) atoms. The Morgan fingerprint density at radius 3 is 2.41 bits per heavy atom. The van der Waals surface area contributed by atoms with Gasteiger partial charge in [0.2, 0.25) is 5.91 Å². The van der Waals surface area contributed by atoms with E-state index in [9.17, 15) is 4.79 Å². The molecule has 4 heteroatoms. The van der Waals surface area contributed by atoms with Crippen LogP contribution in [0.3, 0.4) is 0 Å². The van der Waals surface area contributed by atoms with Crippen LogP contribution in [-0.2, 0) is 11.2 Å². The van der Waals surface area contributed by atoms with Crippen molar-refractivity contribution in [2.24, 2.45) is 11.3 Å². The molecule has 0 unspecified atom stereocenters. The minimum Gasteiger partial charge on any atom is -0.339 e. The number of halogens is 1. The molecule has 2 atom stereocenters. The van der Waals surface area contributed by atoms with E-state index in [1.165, 1.54) is 10.5 Å². The highest BCUT2D eigenvalue weighted by Gasteiger charge is 2.32. The Hall–Kier alpha value is -1.26. The highest BCUT2D eigenvalue weighted by Crippen LogP contribution is 2.35. The summed E-state index contributed by atoms with van der Waals surface area (Å²) in [5.41, 5.74) is 1.57. The largest absolute Gasteiger partial charge is 0.339 e. The smallest absolute Gasteiger partial charge is 0.222 e. The SMILES string of the molecule is CC(C)(C)[C@H]1CCC(=O)N([C@H](CSc2ccc(Br)cc2)Cc2ccccc2)CC1. The first kappa shape index (κ1) is 22.4. The monoisotopic (exact) mass is 473 g/mol. The molecule has 1 aliphatic rings. The third-order valence-corrected chi connectivity index (χ3v) is 7.67. The second-order valence-corrected chi connectivity index (χ2v) is 11.1. The lowest BCUT2D eigenvalue weighted by molar-refractivity contribution is -0.132. The molecule has 0 bridgehead atoms. The average Bonchev–Trinajstić information content (AvgIpc) is 2.89. The maximum atomic E-state index is 13.1. The second-order valence-electron chi connectivity index (χ2n) is 9.09. The number of rotatable bonds is 6. The molecule has 1 fully saturated rings. The molecule has 0 radical (unpaired) electrons. The number of nitrogens with zero attached hydrogens (tertiary/aromatic N) is 1. The van der Waals surface area contributed by atoms with Gasteiger partial charge in [-0.15, -0.1) is 11.8 Å². The predicted molar refractivity (Wildman–Crippen MR) is 127 cm³/mol. The quantitative estimate of drug-likeness (QED) is 0.428. The summed E-state index contributed by atoms with van der Waals surface area (Å²) in [6.45, 7) is 7.80. The Kier molecular flexibility index (Phi) is 7.86. The molecule has 0 spiro atoms. The topological polar surface area (TPSA) is 20.3 Å². The minimum atomic E-state index is 0.220. The van der Waals surface area contributed by atoms with E-state index in [-0.39, 0.29) is 11.5 Å². The van der Waals surface area contributed by atoms with Crippen molar-refractivity contribution < 1.29 is 4.79 Å². The van der Waals surface area contributed by atoms with Crippen LogP contribution in [0.1, 0.15) is 45.6 Å². The number of likely N-dealkylation sites (tertiary alicyclic amines) is 1. The summed E-state index contributed by atoms with van der Waals surface area (Å²) in [4.78, 5) is 16.5. The van der Waals surface area contributed by atoms with Gasteiger partial charge in [-0.1, -0.05) is 67.0 Å². The second kappa shape index (κ2) is 10.2. The normalized spacial score (nSPS) is 19.1. The number of hydrogen-bond donors (Lipinski definition) is 0. The van der Waals surface area contributed by atoms with E-state index in [0.29, 0.717) is 18.2 Å². The molecule has 3 rings (SSSR count). The molecule has 1 aliphatic heterocycles. The number of thioether (sulfide) groups is 1.